The number of ketones is 1. The van der Waals surface area contributed by atoms with Crippen molar-refractivity contribution in [2.45, 2.75) is 32.1 Å². The fourth-order valence-corrected chi connectivity index (χ4v) is 3.03. The zero-order valence-corrected chi connectivity index (χ0v) is 10.6. The van der Waals surface area contributed by atoms with E-state index in [0.717, 1.165) is 12.8 Å². The summed E-state index contributed by atoms with van der Waals surface area (Å²) in [7, 11) is 2.08. The SMILES string of the molecule is CC(=O)C1(c2c(C)n(C)c3ccccc23)CC1. The maximum absolute atomic E-state index is 11.9. The van der Waals surface area contributed by atoms with Gasteiger partial charge in [0.05, 0.1) is 5.41 Å². The molecule has 1 aromatic carbocycles. The maximum atomic E-state index is 11.9. The highest BCUT2D eigenvalue weighted by molar-refractivity contribution is 5.98. The van der Waals surface area contributed by atoms with E-state index in [-0.39, 0.29) is 5.41 Å². The predicted octanol–water partition coefficient (Wildman–Crippen LogP) is 3.11. The first-order valence-corrected chi connectivity index (χ1v) is 6.13. The number of aryl methyl sites for hydroxylation is 1. The van der Waals surface area contributed by atoms with Crippen molar-refractivity contribution in [3.8, 4) is 0 Å². The highest BCUT2D eigenvalue weighted by Crippen LogP contribution is 2.52. The van der Waals surface area contributed by atoms with Gasteiger partial charge in [0, 0.05) is 23.6 Å². The summed E-state index contributed by atoms with van der Waals surface area (Å²) in [5.41, 5.74) is 3.56. The van der Waals surface area contributed by atoms with Crippen LogP contribution in [0.15, 0.2) is 24.3 Å². The van der Waals surface area contributed by atoms with Crippen LogP contribution in [0.2, 0.25) is 0 Å². The number of carbonyl (C=O) groups excluding carboxylic acids is 1. The van der Waals surface area contributed by atoms with Gasteiger partial charge in [-0.15, -0.1) is 0 Å². The van der Waals surface area contributed by atoms with E-state index in [1.807, 2.05) is 0 Å². The summed E-state index contributed by atoms with van der Waals surface area (Å²) in [6, 6.07) is 8.38. The van der Waals surface area contributed by atoms with E-state index < -0.39 is 0 Å². The van der Waals surface area contributed by atoms with Crippen molar-refractivity contribution in [3.05, 3.63) is 35.5 Å². The van der Waals surface area contributed by atoms with Crippen LogP contribution in [0.5, 0.6) is 0 Å². The van der Waals surface area contributed by atoms with Gasteiger partial charge in [0.25, 0.3) is 0 Å². The van der Waals surface area contributed by atoms with E-state index in [4.69, 9.17) is 0 Å². The molecule has 2 aromatic rings. The molecule has 17 heavy (non-hydrogen) atoms. The molecule has 0 amide bonds. The van der Waals surface area contributed by atoms with Gasteiger partial charge >= 0.3 is 0 Å². The minimum atomic E-state index is -0.176. The summed E-state index contributed by atoms with van der Waals surface area (Å²) >= 11 is 0. The third kappa shape index (κ3) is 1.24. The fourth-order valence-electron chi connectivity index (χ4n) is 3.03. The van der Waals surface area contributed by atoms with Gasteiger partial charge in [0.1, 0.15) is 5.78 Å². The standard InChI is InChI=1S/C15H17NO/c1-10-14(15(8-9-15)11(2)17)12-6-4-5-7-13(12)16(10)3/h4-7H,8-9H2,1-3H3. The van der Waals surface area contributed by atoms with Crippen LogP contribution in [0.3, 0.4) is 0 Å². The first-order valence-electron chi connectivity index (χ1n) is 6.13. The molecule has 1 saturated carbocycles. The van der Waals surface area contributed by atoms with Gasteiger partial charge < -0.3 is 4.57 Å². The molecule has 1 fully saturated rings. The predicted molar refractivity (Wildman–Crippen MR) is 69.2 cm³/mol. The molecule has 88 valence electrons. The molecule has 0 saturated heterocycles. The molecule has 2 heteroatoms. The van der Waals surface area contributed by atoms with Gasteiger partial charge in [-0.05, 0) is 38.3 Å². The van der Waals surface area contributed by atoms with Crippen molar-refractivity contribution in [1.29, 1.82) is 0 Å². The van der Waals surface area contributed by atoms with Crippen LogP contribution in [0.1, 0.15) is 31.0 Å². The second-order valence-corrected chi connectivity index (χ2v) is 5.17. The Labute approximate surface area is 101 Å². The molecule has 0 radical (unpaired) electrons. The number of hydrogen-bond acceptors (Lipinski definition) is 1. The van der Waals surface area contributed by atoms with Crippen LogP contribution in [0, 0.1) is 6.92 Å². The van der Waals surface area contributed by atoms with Crippen LogP contribution >= 0.6 is 0 Å². The van der Waals surface area contributed by atoms with Crippen LogP contribution in [0.25, 0.3) is 10.9 Å². The molecule has 1 heterocycles. The van der Waals surface area contributed by atoms with Gasteiger partial charge in [0.2, 0.25) is 0 Å². The smallest absolute Gasteiger partial charge is 0.140 e. The van der Waals surface area contributed by atoms with E-state index in [9.17, 15) is 4.79 Å². The first-order chi connectivity index (χ1) is 8.08. The van der Waals surface area contributed by atoms with Gasteiger partial charge in [-0.25, -0.2) is 0 Å². The normalized spacial score (nSPS) is 17.4. The topological polar surface area (TPSA) is 22.0 Å². The van der Waals surface area contributed by atoms with Crippen LogP contribution < -0.4 is 0 Å². The molecule has 0 aliphatic heterocycles. The molecule has 1 aliphatic carbocycles. The van der Waals surface area contributed by atoms with Crippen LogP contribution in [0.4, 0.5) is 0 Å². The van der Waals surface area contributed by atoms with Crippen molar-refractivity contribution in [2.24, 2.45) is 7.05 Å². The summed E-state index contributed by atoms with van der Waals surface area (Å²) in [5.74, 6) is 0.317. The molecule has 0 unspecified atom stereocenters. The monoisotopic (exact) mass is 227 g/mol. The number of benzene rings is 1. The average molecular weight is 227 g/mol. The Kier molecular flexibility index (Phi) is 2.00. The molecule has 2 nitrogen and oxygen atoms in total. The first kappa shape index (κ1) is 10.6. The van der Waals surface area contributed by atoms with Crippen molar-refractivity contribution in [3.63, 3.8) is 0 Å². The molecular weight excluding hydrogens is 210 g/mol. The van der Waals surface area contributed by atoms with Gasteiger partial charge in [-0.3, -0.25) is 4.79 Å². The lowest BCUT2D eigenvalue weighted by molar-refractivity contribution is -0.119. The number of fused-ring (bicyclic) bond motifs is 1. The van der Waals surface area contributed by atoms with Crippen LogP contribution in [-0.2, 0) is 17.3 Å². The molecule has 0 bridgehead atoms. The number of carbonyl (C=O) groups is 1. The second kappa shape index (κ2) is 3.22. The number of aromatic nitrogens is 1. The summed E-state index contributed by atoms with van der Waals surface area (Å²) < 4.78 is 2.20. The van der Waals surface area contributed by atoms with E-state index in [2.05, 4.69) is 42.8 Å². The third-order valence-corrected chi connectivity index (χ3v) is 4.30. The number of hydrogen-bond donors (Lipinski definition) is 0. The molecule has 1 aliphatic rings. The minimum Gasteiger partial charge on any atom is -0.348 e. The summed E-state index contributed by atoms with van der Waals surface area (Å²) in [6.07, 6.45) is 2.02. The molecule has 0 spiro atoms. The Balaban J connectivity index is 2.37. The minimum absolute atomic E-state index is 0.176. The molecule has 1 aromatic heterocycles. The number of para-hydroxylation sites is 1. The molecular formula is C15H17NO. The number of Topliss-reactive ketones (excluding diaryl/α,β-unsaturated/α-hetero) is 1. The molecule has 0 atom stereocenters. The van der Waals surface area contributed by atoms with Crippen molar-refractivity contribution in [2.75, 3.05) is 0 Å². The Morgan fingerprint density at radius 2 is 1.94 bits per heavy atom. The highest BCUT2D eigenvalue weighted by Gasteiger charge is 2.51. The Morgan fingerprint density at radius 3 is 2.53 bits per heavy atom. The van der Waals surface area contributed by atoms with E-state index in [1.165, 1.54) is 22.2 Å². The summed E-state index contributed by atoms with van der Waals surface area (Å²) in [4.78, 5) is 11.9. The van der Waals surface area contributed by atoms with Crippen molar-refractivity contribution in [1.82, 2.24) is 4.57 Å². The largest absolute Gasteiger partial charge is 0.348 e. The zero-order chi connectivity index (χ0) is 12.2. The Hall–Kier alpha value is -1.57. The number of rotatable bonds is 2. The zero-order valence-electron chi connectivity index (χ0n) is 10.6. The maximum Gasteiger partial charge on any atom is 0.140 e. The molecule has 3 rings (SSSR count). The number of nitrogens with zero attached hydrogens (tertiary/aromatic N) is 1. The van der Waals surface area contributed by atoms with Gasteiger partial charge in [0.15, 0.2) is 0 Å². The fraction of sp³-hybridized carbons (Fsp3) is 0.400. The van der Waals surface area contributed by atoms with Gasteiger partial charge in [-0.2, -0.15) is 0 Å². The lowest BCUT2D eigenvalue weighted by Gasteiger charge is -2.12. The third-order valence-electron chi connectivity index (χ3n) is 4.30. The highest BCUT2D eigenvalue weighted by atomic mass is 16.1. The van der Waals surface area contributed by atoms with E-state index in [1.54, 1.807) is 6.92 Å². The van der Waals surface area contributed by atoms with E-state index in [0.29, 0.717) is 5.78 Å². The van der Waals surface area contributed by atoms with Gasteiger partial charge in [-0.1, -0.05) is 18.2 Å². The van der Waals surface area contributed by atoms with Crippen LogP contribution in [-0.4, -0.2) is 10.4 Å². The quantitative estimate of drug-likeness (QED) is 0.772. The van der Waals surface area contributed by atoms with Crippen molar-refractivity contribution < 1.29 is 4.79 Å². The Bertz CT molecular complexity index is 617. The average Bonchev–Trinajstić information content (AvgIpc) is 3.06. The molecule has 0 N–H and O–H groups in total. The van der Waals surface area contributed by atoms with E-state index >= 15 is 0 Å². The summed E-state index contributed by atoms with van der Waals surface area (Å²) in [5, 5.41) is 1.25. The lowest BCUT2D eigenvalue weighted by Crippen LogP contribution is -2.18. The van der Waals surface area contributed by atoms with Crippen molar-refractivity contribution >= 4 is 16.7 Å². The second-order valence-electron chi connectivity index (χ2n) is 5.17. The Morgan fingerprint density at radius 1 is 1.29 bits per heavy atom. The summed E-state index contributed by atoms with van der Waals surface area (Å²) in [6.45, 7) is 3.85. The lowest BCUT2D eigenvalue weighted by atomic mass is 9.90.